The Hall–Kier alpha value is -0.240. The zero-order chi connectivity index (χ0) is 11.1. The topological polar surface area (TPSA) is 20.3 Å². The van der Waals surface area contributed by atoms with Crippen molar-refractivity contribution in [3.05, 3.63) is 0 Å². The van der Waals surface area contributed by atoms with E-state index in [4.69, 9.17) is 11.6 Å². The van der Waals surface area contributed by atoms with E-state index in [-0.39, 0.29) is 0 Å². The van der Waals surface area contributed by atoms with Gasteiger partial charge in [0.1, 0.15) is 0 Å². The molecule has 0 aromatic carbocycles. The number of halogens is 1. The SMILES string of the molecule is CCCC1CCN(C(=O)CCCCCl)C1. The van der Waals surface area contributed by atoms with Crippen molar-refractivity contribution in [2.75, 3.05) is 19.0 Å². The number of carbonyl (C=O) groups excluding carboxylic acids is 1. The van der Waals surface area contributed by atoms with E-state index in [2.05, 4.69) is 6.92 Å². The molecule has 2 nitrogen and oxygen atoms in total. The molecular weight excluding hydrogens is 210 g/mol. The van der Waals surface area contributed by atoms with E-state index in [9.17, 15) is 4.79 Å². The lowest BCUT2D eigenvalue weighted by Crippen LogP contribution is -2.28. The van der Waals surface area contributed by atoms with Crippen molar-refractivity contribution < 1.29 is 4.79 Å². The largest absolute Gasteiger partial charge is 0.342 e. The third-order valence-corrected chi connectivity index (χ3v) is 3.38. The number of nitrogens with zero attached hydrogens (tertiary/aromatic N) is 1. The summed E-state index contributed by atoms with van der Waals surface area (Å²) in [7, 11) is 0. The second kappa shape index (κ2) is 7.10. The molecule has 1 atom stereocenters. The zero-order valence-corrected chi connectivity index (χ0v) is 10.4. The van der Waals surface area contributed by atoms with Crippen LogP contribution < -0.4 is 0 Å². The molecule has 15 heavy (non-hydrogen) atoms. The first-order valence-corrected chi connectivity index (χ1v) is 6.65. The van der Waals surface area contributed by atoms with Gasteiger partial charge in [-0.15, -0.1) is 11.6 Å². The fourth-order valence-electron chi connectivity index (χ4n) is 2.23. The molecule has 0 aliphatic carbocycles. The molecule has 0 saturated carbocycles. The lowest BCUT2D eigenvalue weighted by Gasteiger charge is -2.16. The summed E-state index contributed by atoms with van der Waals surface area (Å²) in [6.45, 7) is 4.18. The Labute approximate surface area is 98.0 Å². The van der Waals surface area contributed by atoms with E-state index < -0.39 is 0 Å². The lowest BCUT2D eigenvalue weighted by molar-refractivity contribution is -0.130. The van der Waals surface area contributed by atoms with Crippen molar-refractivity contribution in [2.45, 2.75) is 45.4 Å². The van der Waals surface area contributed by atoms with Crippen LogP contribution in [0.5, 0.6) is 0 Å². The molecule has 1 amide bonds. The Morgan fingerprint density at radius 2 is 2.27 bits per heavy atom. The number of likely N-dealkylation sites (tertiary alicyclic amines) is 1. The first kappa shape index (κ1) is 12.8. The highest BCUT2D eigenvalue weighted by Crippen LogP contribution is 2.21. The van der Waals surface area contributed by atoms with Crippen LogP contribution in [0.4, 0.5) is 0 Å². The van der Waals surface area contributed by atoms with Crippen molar-refractivity contribution >= 4 is 17.5 Å². The second-order valence-electron chi connectivity index (χ2n) is 4.43. The number of hydrogen-bond acceptors (Lipinski definition) is 1. The summed E-state index contributed by atoms with van der Waals surface area (Å²) < 4.78 is 0. The van der Waals surface area contributed by atoms with E-state index in [0.29, 0.717) is 18.2 Å². The van der Waals surface area contributed by atoms with Gasteiger partial charge in [-0.05, 0) is 31.6 Å². The third-order valence-electron chi connectivity index (χ3n) is 3.11. The van der Waals surface area contributed by atoms with Crippen LogP contribution in [0.3, 0.4) is 0 Å². The van der Waals surface area contributed by atoms with E-state index in [1.165, 1.54) is 19.3 Å². The standard InChI is InChI=1S/C12H22ClNO/c1-2-5-11-7-9-14(10-11)12(15)6-3-4-8-13/h11H,2-10H2,1H3. The summed E-state index contributed by atoms with van der Waals surface area (Å²) in [4.78, 5) is 13.8. The minimum absolute atomic E-state index is 0.332. The van der Waals surface area contributed by atoms with Gasteiger partial charge in [0.05, 0.1) is 0 Å². The van der Waals surface area contributed by atoms with Gasteiger partial charge in [-0.1, -0.05) is 13.3 Å². The lowest BCUT2D eigenvalue weighted by atomic mass is 10.0. The summed E-state index contributed by atoms with van der Waals surface area (Å²) in [5.74, 6) is 1.76. The van der Waals surface area contributed by atoms with Crippen LogP contribution in [0.2, 0.25) is 0 Å². The second-order valence-corrected chi connectivity index (χ2v) is 4.81. The summed E-state index contributed by atoms with van der Waals surface area (Å²) in [5, 5.41) is 0. The molecule has 0 radical (unpaired) electrons. The maximum Gasteiger partial charge on any atom is 0.222 e. The maximum atomic E-state index is 11.8. The van der Waals surface area contributed by atoms with Crippen LogP contribution in [0, 0.1) is 5.92 Å². The molecule has 0 spiro atoms. The summed E-state index contributed by atoms with van der Waals surface area (Å²) in [5.41, 5.74) is 0. The minimum atomic E-state index is 0.332. The predicted octanol–water partition coefficient (Wildman–Crippen LogP) is 3.04. The third kappa shape index (κ3) is 4.42. The number of amides is 1. The smallest absolute Gasteiger partial charge is 0.222 e. The Kier molecular flexibility index (Phi) is 6.07. The molecule has 3 heteroatoms. The zero-order valence-electron chi connectivity index (χ0n) is 9.67. The van der Waals surface area contributed by atoms with Gasteiger partial charge in [-0.25, -0.2) is 0 Å². The van der Waals surface area contributed by atoms with Gasteiger partial charge in [0.25, 0.3) is 0 Å². The summed E-state index contributed by atoms with van der Waals surface area (Å²) >= 11 is 5.58. The van der Waals surface area contributed by atoms with Gasteiger partial charge in [0.2, 0.25) is 5.91 Å². The van der Waals surface area contributed by atoms with E-state index in [1.54, 1.807) is 0 Å². The molecule has 88 valence electrons. The van der Waals surface area contributed by atoms with Crippen LogP contribution in [-0.4, -0.2) is 29.8 Å². The number of rotatable bonds is 6. The first-order valence-electron chi connectivity index (χ1n) is 6.11. The number of hydrogen-bond donors (Lipinski definition) is 0. The van der Waals surface area contributed by atoms with Crippen LogP contribution in [0.15, 0.2) is 0 Å². The molecule has 0 bridgehead atoms. The Bertz CT molecular complexity index is 196. The van der Waals surface area contributed by atoms with Crippen molar-refractivity contribution in [1.29, 1.82) is 0 Å². The number of unbranched alkanes of at least 4 members (excludes halogenated alkanes) is 1. The average molecular weight is 232 g/mol. The van der Waals surface area contributed by atoms with Gasteiger partial charge in [-0.3, -0.25) is 4.79 Å². The van der Waals surface area contributed by atoms with E-state index in [1.807, 2.05) is 4.90 Å². The summed E-state index contributed by atoms with van der Waals surface area (Å²) in [6.07, 6.45) is 6.29. The molecule has 1 aliphatic rings. The van der Waals surface area contributed by atoms with Crippen molar-refractivity contribution in [2.24, 2.45) is 5.92 Å². The molecule has 1 unspecified atom stereocenters. The van der Waals surface area contributed by atoms with Crippen LogP contribution in [0.1, 0.15) is 45.4 Å². The minimum Gasteiger partial charge on any atom is -0.342 e. The van der Waals surface area contributed by atoms with E-state index in [0.717, 1.165) is 31.8 Å². The maximum absolute atomic E-state index is 11.8. The average Bonchev–Trinajstić information content (AvgIpc) is 2.67. The van der Waals surface area contributed by atoms with Gasteiger partial charge in [0.15, 0.2) is 0 Å². The number of alkyl halides is 1. The predicted molar refractivity (Wildman–Crippen MR) is 64.2 cm³/mol. The Balaban J connectivity index is 2.18. The Morgan fingerprint density at radius 1 is 1.47 bits per heavy atom. The molecule has 0 N–H and O–H groups in total. The fraction of sp³-hybridized carbons (Fsp3) is 0.917. The van der Waals surface area contributed by atoms with Gasteiger partial charge >= 0.3 is 0 Å². The molecule has 1 fully saturated rings. The monoisotopic (exact) mass is 231 g/mol. The van der Waals surface area contributed by atoms with Crippen LogP contribution in [-0.2, 0) is 4.79 Å². The summed E-state index contributed by atoms with van der Waals surface area (Å²) in [6, 6.07) is 0. The van der Waals surface area contributed by atoms with Crippen molar-refractivity contribution in [3.63, 3.8) is 0 Å². The normalized spacial score (nSPS) is 20.9. The van der Waals surface area contributed by atoms with Crippen molar-refractivity contribution in [1.82, 2.24) is 4.90 Å². The highest BCUT2D eigenvalue weighted by molar-refractivity contribution is 6.17. The molecule has 1 heterocycles. The first-order chi connectivity index (χ1) is 7.27. The molecule has 1 aliphatic heterocycles. The molecule has 1 rings (SSSR count). The highest BCUT2D eigenvalue weighted by Gasteiger charge is 2.24. The molecule has 0 aromatic rings. The quantitative estimate of drug-likeness (QED) is 0.508. The van der Waals surface area contributed by atoms with Gasteiger partial charge in [0, 0.05) is 25.4 Å². The van der Waals surface area contributed by atoms with E-state index >= 15 is 0 Å². The molecular formula is C12H22ClNO. The number of carbonyl (C=O) groups is 1. The fourth-order valence-corrected chi connectivity index (χ4v) is 2.42. The highest BCUT2D eigenvalue weighted by atomic mass is 35.5. The van der Waals surface area contributed by atoms with Gasteiger partial charge < -0.3 is 4.90 Å². The molecule has 1 saturated heterocycles. The molecule has 0 aromatic heterocycles. The Morgan fingerprint density at radius 3 is 2.93 bits per heavy atom. The van der Waals surface area contributed by atoms with Crippen molar-refractivity contribution in [3.8, 4) is 0 Å². The van der Waals surface area contributed by atoms with Crippen LogP contribution in [0.25, 0.3) is 0 Å². The van der Waals surface area contributed by atoms with Crippen LogP contribution >= 0.6 is 11.6 Å². The van der Waals surface area contributed by atoms with Gasteiger partial charge in [-0.2, -0.15) is 0 Å².